The molecular formula is C14H17N3O5S. The van der Waals surface area contributed by atoms with E-state index >= 15 is 0 Å². The van der Waals surface area contributed by atoms with Crippen molar-refractivity contribution in [2.45, 2.75) is 30.6 Å². The lowest BCUT2D eigenvalue weighted by atomic mass is 10.2. The Morgan fingerprint density at radius 2 is 1.70 bits per heavy atom. The first-order valence-electron chi connectivity index (χ1n) is 7.03. The molecular weight excluding hydrogens is 322 g/mol. The Balaban J connectivity index is 1.81. The highest BCUT2D eigenvalue weighted by Gasteiger charge is 2.28. The van der Waals surface area contributed by atoms with Crippen LogP contribution in [-0.2, 0) is 24.4 Å². The van der Waals surface area contributed by atoms with E-state index in [1.54, 1.807) is 0 Å². The predicted octanol–water partition coefficient (Wildman–Crippen LogP) is 0.202. The standard InChI is InChI=1S/C14H17N3O5S/c15-23(21,22)11-5-3-10(4-6-11)16-12(18)2-1-9-17-13(19)7-8-14(17)20/h3-6H,1-2,7-9H2,(H,16,18)(H2,15,21,22). The molecule has 3 amide bonds. The van der Waals surface area contributed by atoms with Gasteiger partial charge in [0.1, 0.15) is 0 Å². The lowest BCUT2D eigenvalue weighted by molar-refractivity contribution is -0.138. The highest BCUT2D eigenvalue weighted by atomic mass is 32.2. The summed E-state index contributed by atoms with van der Waals surface area (Å²) < 4.78 is 22.2. The topological polar surface area (TPSA) is 127 Å². The van der Waals surface area contributed by atoms with Gasteiger partial charge in [0, 0.05) is 31.5 Å². The third-order valence-electron chi connectivity index (χ3n) is 3.41. The number of carbonyl (C=O) groups is 3. The maximum absolute atomic E-state index is 11.8. The fourth-order valence-electron chi connectivity index (χ4n) is 2.22. The molecule has 1 aromatic rings. The highest BCUT2D eigenvalue weighted by molar-refractivity contribution is 7.89. The van der Waals surface area contributed by atoms with Crippen LogP contribution in [0.1, 0.15) is 25.7 Å². The van der Waals surface area contributed by atoms with Gasteiger partial charge >= 0.3 is 0 Å². The van der Waals surface area contributed by atoms with Gasteiger partial charge in [-0.2, -0.15) is 0 Å². The van der Waals surface area contributed by atoms with E-state index in [-0.39, 0.29) is 48.4 Å². The number of nitrogens with two attached hydrogens (primary N) is 1. The van der Waals surface area contributed by atoms with E-state index < -0.39 is 10.0 Å². The van der Waals surface area contributed by atoms with Gasteiger partial charge in [0.25, 0.3) is 0 Å². The summed E-state index contributed by atoms with van der Waals surface area (Å²) in [5.74, 6) is -0.685. The molecule has 0 unspecified atom stereocenters. The second-order valence-electron chi connectivity index (χ2n) is 5.16. The predicted molar refractivity (Wildman–Crippen MR) is 81.6 cm³/mol. The van der Waals surface area contributed by atoms with Crippen LogP contribution in [0.5, 0.6) is 0 Å². The van der Waals surface area contributed by atoms with E-state index in [4.69, 9.17) is 5.14 Å². The molecule has 0 radical (unpaired) electrons. The molecule has 2 rings (SSSR count). The van der Waals surface area contributed by atoms with E-state index in [9.17, 15) is 22.8 Å². The number of anilines is 1. The molecule has 0 atom stereocenters. The molecule has 1 aromatic carbocycles. The molecule has 0 aromatic heterocycles. The van der Waals surface area contributed by atoms with Crippen molar-refractivity contribution in [3.05, 3.63) is 24.3 Å². The van der Waals surface area contributed by atoms with Crippen LogP contribution >= 0.6 is 0 Å². The number of primary sulfonamides is 1. The van der Waals surface area contributed by atoms with Crippen LogP contribution in [0, 0.1) is 0 Å². The Morgan fingerprint density at radius 1 is 1.13 bits per heavy atom. The van der Waals surface area contributed by atoms with E-state index in [0.717, 1.165) is 0 Å². The molecule has 1 aliphatic rings. The zero-order chi connectivity index (χ0) is 17.0. The SMILES string of the molecule is NS(=O)(=O)c1ccc(NC(=O)CCCN2C(=O)CCC2=O)cc1. The number of hydrogen-bond donors (Lipinski definition) is 2. The summed E-state index contributed by atoms with van der Waals surface area (Å²) in [6.45, 7) is 0.232. The molecule has 0 bridgehead atoms. The maximum Gasteiger partial charge on any atom is 0.238 e. The van der Waals surface area contributed by atoms with E-state index in [1.807, 2.05) is 0 Å². The fourth-order valence-corrected chi connectivity index (χ4v) is 2.74. The Hall–Kier alpha value is -2.26. The Morgan fingerprint density at radius 3 is 2.22 bits per heavy atom. The van der Waals surface area contributed by atoms with Crippen LogP contribution in [0.2, 0.25) is 0 Å². The minimum Gasteiger partial charge on any atom is -0.326 e. The number of nitrogens with zero attached hydrogens (tertiary/aromatic N) is 1. The number of carbonyl (C=O) groups excluding carboxylic acids is 3. The van der Waals surface area contributed by atoms with Gasteiger partial charge in [0.15, 0.2) is 0 Å². The van der Waals surface area contributed by atoms with Gasteiger partial charge in [0.05, 0.1) is 4.90 Å². The van der Waals surface area contributed by atoms with Crippen molar-refractivity contribution < 1.29 is 22.8 Å². The summed E-state index contributed by atoms with van der Waals surface area (Å²) in [6, 6.07) is 5.47. The van der Waals surface area contributed by atoms with Crippen LogP contribution in [0.15, 0.2) is 29.2 Å². The van der Waals surface area contributed by atoms with E-state index in [2.05, 4.69) is 5.32 Å². The Bertz CT molecular complexity index is 711. The van der Waals surface area contributed by atoms with E-state index in [0.29, 0.717) is 12.1 Å². The summed E-state index contributed by atoms with van der Waals surface area (Å²) in [7, 11) is -3.76. The number of hydrogen-bond acceptors (Lipinski definition) is 5. The summed E-state index contributed by atoms with van der Waals surface area (Å²) in [5, 5.41) is 7.59. The Labute approximate surface area is 133 Å². The summed E-state index contributed by atoms with van der Waals surface area (Å²) in [5.41, 5.74) is 0.440. The summed E-state index contributed by atoms with van der Waals surface area (Å²) in [6.07, 6.45) is 0.995. The molecule has 1 saturated heterocycles. The number of sulfonamides is 1. The fraction of sp³-hybridized carbons (Fsp3) is 0.357. The monoisotopic (exact) mass is 339 g/mol. The van der Waals surface area contributed by atoms with Gasteiger partial charge < -0.3 is 5.32 Å². The zero-order valence-electron chi connectivity index (χ0n) is 12.3. The van der Waals surface area contributed by atoms with Gasteiger partial charge in [-0.15, -0.1) is 0 Å². The molecule has 124 valence electrons. The van der Waals surface area contributed by atoms with Gasteiger partial charge in [0.2, 0.25) is 27.7 Å². The summed E-state index contributed by atoms with van der Waals surface area (Å²) >= 11 is 0. The number of benzene rings is 1. The van der Waals surface area contributed by atoms with Crippen molar-refractivity contribution in [2.24, 2.45) is 5.14 Å². The molecule has 3 N–H and O–H groups in total. The summed E-state index contributed by atoms with van der Waals surface area (Å²) in [4.78, 5) is 35.7. The molecule has 8 nitrogen and oxygen atoms in total. The number of nitrogens with one attached hydrogen (secondary N) is 1. The first-order valence-corrected chi connectivity index (χ1v) is 8.58. The quantitative estimate of drug-likeness (QED) is 0.716. The van der Waals surface area contributed by atoms with Gasteiger partial charge in [-0.1, -0.05) is 0 Å². The van der Waals surface area contributed by atoms with Crippen molar-refractivity contribution >= 4 is 33.4 Å². The van der Waals surface area contributed by atoms with Crippen molar-refractivity contribution in [3.63, 3.8) is 0 Å². The number of imide groups is 1. The van der Waals surface area contributed by atoms with E-state index in [1.165, 1.54) is 29.2 Å². The third kappa shape index (κ3) is 4.60. The normalized spacial score (nSPS) is 15.1. The van der Waals surface area contributed by atoms with Crippen molar-refractivity contribution in [2.75, 3.05) is 11.9 Å². The molecule has 1 aliphatic heterocycles. The first-order chi connectivity index (χ1) is 10.8. The van der Waals surface area contributed by atoms with Crippen LogP contribution in [0.3, 0.4) is 0 Å². The Kier molecular flexibility index (Phi) is 5.12. The van der Waals surface area contributed by atoms with Crippen molar-refractivity contribution in [1.82, 2.24) is 4.90 Å². The first kappa shape index (κ1) is 17.1. The molecule has 9 heteroatoms. The smallest absolute Gasteiger partial charge is 0.238 e. The van der Waals surface area contributed by atoms with Crippen LogP contribution in [0.4, 0.5) is 5.69 Å². The maximum atomic E-state index is 11.8. The lowest BCUT2D eigenvalue weighted by Gasteiger charge is -2.13. The lowest BCUT2D eigenvalue weighted by Crippen LogP contribution is -2.30. The number of rotatable bonds is 6. The number of amides is 3. The third-order valence-corrected chi connectivity index (χ3v) is 4.34. The molecule has 0 saturated carbocycles. The minimum absolute atomic E-state index is 0.0402. The van der Waals surface area contributed by atoms with Gasteiger partial charge in [-0.3, -0.25) is 19.3 Å². The highest BCUT2D eigenvalue weighted by Crippen LogP contribution is 2.14. The molecule has 0 aliphatic carbocycles. The second kappa shape index (κ2) is 6.88. The van der Waals surface area contributed by atoms with Crippen LogP contribution < -0.4 is 10.5 Å². The van der Waals surface area contributed by atoms with Gasteiger partial charge in [-0.05, 0) is 30.7 Å². The minimum atomic E-state index is -3.76. The molecule has 1 heterocycles. The second-order valence-corrected chi connectivity index (χ2v) is 6.72. The van der Waals surface area contributed by atoms with Crippen LogP contribution in [-0.4, -0.2) is 37.6 Å². The van der Waals surface area contributed by atoms with Crippen molar-refractivity contribution in [1.29, 1.82) is 0 Å². The van der Waals surface area contributed by atoms with Crippen LogP contribution in [0.25, 0.3) is 0 Å². The van der Waals surface area contributed by atoms with Crippen molar-refractivity contribution in [3.8, 4) is 0 Å². The molecule has 0 spiro atoms. The van der Waals surface area contributed by atoms with Gasteiger partial charge in [-0.25, -0.2) is 13.6 Å². The number of likely N-dealkylation sites (tertiary alicyclic amines) is 1. The zero-order valence-corrected chi connectivity index (χ0v) is 13.1. The average Bonchev–Trinajstić information content (AvgIpc) is 2.78. The molecule has 23 heavy (non-hydrogen) atoms. The average molecular weight is 339 g/mol. The molecule has 1 fully saturated rings. The largest absolute Gasteiger partial charge is 0.326 e.